The molecule has 0 aliphatic carbocycles. The van der Waals surface area contributed by atoms with E-state index in [1.54, 1.807) is 0 Å². The molecule has 2 heteroatoms. The zero-order chi connectivity index (χ0) is 7.98. The molecule has 0 saturated heterocycles. The smallest absolute Gasteiger partial charge is 0.0690 e. The molecule has 0 heterocycles. The Labute approximate surface area is 63.6 Å². The van der Waals surface area contributed by atoms with Crippen LogP contribution in [-0.4, -0.2) is 24.3 Å². The Morgan fingerprint density at radius 3 is 2.30 bits per heavy atom. The van der Waals surface area contributed by atoms with Gasteiger partial charge in [0.1, 0.15) is 0 Å². The van der Waals surface area contributed by atoms with E-state index >= 15 is 0 Å². The summed E-state index contributed by atoms with van der Waals surface area (Å²) in [5.41, 5.74) is 0. The molecule has 0 amide bonds. The van der Waals surface area contributed by atoms with Crippen molar-refractivity contribution in [2.75, 3.05) is 7.05 Å². The number of rotatable bonds is 5. The number of aliphatic hydroxyl groups excluding tert-OH is 1. The molecule has 2 nitrogen and oxygen atoms in total. The van der Waals surface area contributed by atoms with Crippen molar-refractivity contribution in [2.24, 2.45) is 0 Å². The van der Waals surface area contributed by atoms with Crippen LogP contribution in [0.1, 0.15) is 33.1 Å². The van der Waals surface area contributed by atoms with Gasteiger partial charge in [-0.25, -0.2) is 0 Å². The van der Waals surface area contributed by atoms with Crippen molar-refractivity contribution >= 4 is 0 Å². The molecule has 0 fully saturated rings. The minimum absolute atomic E-state index is 0.176. The highest BCUT2D eigenvalue weighted by Gasteiger charge is 2.12. The van der Waals surface area contributed by atoms with Crippen molar-refractivity contribution in [3.8, 4) is 0 Å². The maximum Gasteiger partial charge on any atom is 0.0690 e. The van der Waals surface area contributed by atoms with Crippen LogP contribution in [-0.2, 0) is 0 Å². The molecule has 10 heavy (non-hydrogen) atoms. The minimum atomic E-state index is -0.176. The van der Waals surface area contributed by atoms with E-state index in [4.69, 9.17) is 0 Å². The van der Waals surface area contributed by atoms with Gasteiger partial charge < -0.3 is 10.4 Å². The lowest BCUT2D eigenvalue weighted by Gasteiger charge is -2.20. The van der Waals surface area contributed by atoms with Gasteiger partial charge in [0.2, 0.25) is 0 Å². The summed E-state index contributed by atoms with van der Waals surface area (Å²) >= 11 is 0. The minimum Gasteiger partial charge on any atom is -0.392 e. The van der Waals surface area contributed by atoms with E-state index in [0.29, 0.717) is 0 Å². The van der Waals surface area contributed by atoms with Crippen LogP contribution in [0.25, 0.3) is 0 Å². The van der Waals surface area contributed by atoms with Crippen LogP contribution in [0, 0.1) is 0 Å². The number of hydrogen-bond acceptors (Lipinski definition) is 2. The topological polar surface area (TPSA) is 32.3 Å². The van der Waals surface area contributed by atoms with Gasteiger partial charge in [-0.2, -0.15) is 0 Å². The third-order valence-corrected chi connectivity index (χ3v) is 1.85. The van der Waals surface area contributed by atoms with Gasteiger partial charge >= 0.3 is 0 Å². The van der Waals surface area contributed by atoms with E-state index in [-0.39, 0.29) is 12.1 Å². The lowest BCUT2D eigenvalue weighted by atomic mass is 10.0. The Balaban J connectivity index is 3.56. The highest BCUT2D eigenvalue weighted by molar-refractivity contribution is 4.71. The Morgan fingerprint density at radius 2 is 2.00 bits per heavy atom. The lowest BCUT2D eigenvalue weighted by Crippen LogP contribution is -2.36. The highest BCUT2D eigenvalue weighted by atomic mass is 16.3. The first-order valence-electron chi connectivity index (χ1n) is 4.11. The van der Waals surface area contributed by atoms with Crippen LogP contribution in [0.15, 0.2) is 0 Å². The van der Waals surface area contributed by atoms with Gasteiger partial charge in [-0.1, -0.05) is 20.3 Å². The summed E-state index contributed by atoms with van der Waals surface area (Å²) in [6.45, 7) is 4.14. The van der Waals surface area contributed by atoms with Gasteiger partial charge in [-0.15, -0.1) is 0 Å². The fraction of sp³-hybridized carbons (Fsp3) is 1.00. The SMILES string of the molecule is CCC[C@H](NC)C(O)CC. The van der Waals surface area contributed by atoms with Crippen LogP contribution in [0.5, 0.6) is 0 Å². The monoisotopic (exact) mass is 145 g/mol. The Kier molecular flexibility index (Phi) is 5.64. The van der Waals surface area contributed by atoms with Gasteiger partial charge in [-0.3, -0.25) is 0 Å². The largest absolute Gasteiger partial charge is 0.392 e. The summed E-state index contributed by atoms with van der Waals surface area (Å²) in [5, 5.41) is 12.5. The first-order valence-corrected chi connectivity index (χ1v) is 4.11. The molecule has 0 aromatic carbocycles. The quantitative estimate of drug-likeness (QED) is 0.608. The Bertz CT molecular complexity index is 75.7. The first kappa shape index (κ1) is 9.92. The van der Waals surface area contributed by atoms with Gasteiger partial charge in [0.05, 0.1) is 6.10 Å². The molecule has 0 saturated carbocycles. The zero-order valence-electron chi connectivity index (χ0n) is 7.22. The summed E-state index contributed by atoms with van der Waals surface area (Å²) in [7, 11) is 1.90. The third kappa shape index (κ3) is 3.18. The number of likely N-dealkylation sites (N-methyl/N-ethyl adjacent to an activating group) is 1. The molecule has 2 N–H and O–H groups in total. The first-order chi connectivity index (χ1) is 4.76. The predicted molar refractivity (Wildman–Crippen MR) is 44.1 cm³/mol. The Hall–Kier alpha value is -0.0800. The lowest BCUT2D eigenvalue weighted by molar-refractivity contribution is 0.122. The molecular formula is C8H19NO. The summed E-state index contributed by atoms with van der Waals surface area (Å²) in [4.78, 5) is 0. The predicted octanol–water partition coefficient (Wildman–Crippen LogP) is 1.15. The number of hydrogen-bond donors (Lipinski definition) is 2. The second-order valence-electron chi connectivity index (χ2n) is 2.66. The molecule has 0 rings (SSSR count). The number of nitrogens with one attached hydrogen (secondary N) is 1. The van der Waals surface area contributed by atoms with Crippen molar-refractivity contribution < 1.29 is 5.11 Å². The van der Waals surface area contributed by atoms with E-state index < -0.39 is 0 Å². The molecular weight excluding hydrogens is 126 g/mol. The molecule has 0 aliphatic heterocycles. The molecule has 1 unspecified atom stereocenters. The van der Waals surface area contributed by atoms with Gasteiger partial charge in [0, 0.05) is 6.04 Å². The zero-order valence-corrected chi connectivity index (χ0v) is 7.22. The second kappa shape index (κ2) is 5.69. The second-order valence-corrected chi connectivity index (χ2v) is 2.66. The Morgan fingerprint density at radius 1 is 1.40 bits per heavy atom. The molecule has 2 atom stereocenters. The highest BCUT2D eigenvalue weighted by Crippen LogP contribution is 2.04. The standard InChI is InChI=1S/C8H19NO/c1-4-6-7(9-3)8(10)5-2/h7-10H,4-6H2,1-3H3/t7-,8?/m0/s1. The molecule has 0 bridgehead atoms. The van der Waals surface area contributed by atoms with Gasteiger partial charge in [-0.05, 0) is 19.9 Å². The maximum atomic E-state index is 9.39. The van der Waals surface area contributed by atoms with Crippen molar-refractivity contribution in [1.29, 1.82) is 0 Å². The van der Waals surface area contributed by atoms with Crippen LogP contribution in [0.3, 0.4) is 0 Å². The summed E-state index contributed by atoms with van der Waals surface area (Å²) in [6.07, 6.45) is 2.85. The van der Waals surface area contributed by atoms with E-state index in [1.165, 1.54) is 0 Å². The average molecular weight is 145 g/mol. The van der Waals surface area contributed by atoms with Crippen molar-refractivity contribution in [3.05, 3.63) is 0 Å². The fourth-order valence-electron chi connectivity index (χ4n) is 1.12. The summed E-state index contributed by atoms with van der Waals surface area (Å²) in [6, 6.07) is 0.287. The molecule has 0 aliphatic rings. The normalized spacial score (nSPS) is 16.8. The summed E-state index contributed by atoms with van der Waals surface area (Å²) in [5.74, 6) is 0. The molecule has 0 radical (unpaired) electrons. The molecule has 0 spiro atoms. The van der Waals surface area contributed by atoms with Crippen molar-refractivity contribution in [1.82, 2.24) is 5.32 Å². The van der Waals surface area contributed by atoms with Crippen molar-refractivity contribution in [3.63, 3.8) is 0 Å². The van der Waals surface area contributed by atoms with Crippen molar-refractivity contribution in [2.45, 2.75) is 45.3 Å². The molecule has 0 aromatic rings. The van der Waals surface area contributed by atoms with E-state index in [2.05, 4.69) is 12.2 Å². The molecule has 0 aromatic heterocycles. The van der Waals surface area contributed by atoms with Crippen LogP contribution in [0.4, 0.5) is 0 Å². The van der Waals surface area contributed by atoms with Crippen LogP contribution >= 0.6 is 0 Å². The van der Waals surface area contributed by atoms with Crippen LogP contribution in [0.2, 0.25) is 0 Å². The average Bonchev–Trinajstić information content (AvgIpc) is 1.99. The van der Waals surface area contributed by atoms with Gasteiger partial charge in [0.25, 0.3) is 0 Å². The summed E-state index contributed by atoms with van der Waals surface area (Å²) < 4.78 is 0. The number of aliphatic hydroxyl groups is 1. The maximum absolute atomic E-state index is 9.39. The third-order valence-electron chi connectivity index (χ3n) is 1.85. The van der Waals surface area contributed by atoms with Gasteiger partial charge in [0.15, 0.2) is 0 Å². The van der Waals surface area contributed by atoms with E-state index in [9.17, 15) is 5.11 Å². The molecule has 62 valence electrons. The van der Waals surface area contributed by atoms with Crippen LogP contribution < -0.4 is 5.32 Å². The fourth-order valence-corrected chi connectivity index (χ4v) is 1.12. The van der Waals surface area contributed by atoms with E-state index in [1.807, 2.05) is 14.0 Å². The van der Waals surface area contributed by atoms with E-state index in [0.717, 1.165) is 19.3 Å².